The van der Waals surface area contributed by atoms with Crippen molar-refractivity contribution in [1.82, 2.24) is 20.4 Å². The number of benzene rings is 2. The van der Waals surface area contributed by atoms with E-state index < -0.39 is 17.7 Å². The molecule has 0 aliphatic carbocycles. The van der Waals surface area contributed by atoms with Gasteiger partial charge in [0.25, 0.3) is 5.91 Å². The van der Waals surface area contributed by atoms with Crippen LogP contribution in [0.15, 0.2) is 42.5 Å². The van der Waals surface area contributed by atoms with Crippen LogP contribution in [0.2, 0.25) is 0 Å². The highest BCUT2D eigenvalue weighted by atomic mass is 16.7. The number of ether oxygens (including phenoxy) is 3. The fourth-order valence-corrected chi connectivity index (χ4v) is 5.71. The number of fused-ring (bicyclic) bond motifs is 1. The number of rotatable bonds is 9. The van der Waals surface area contributed by atoms with E-state index in [0.717, 1.165) is 25.1 Å². The molecule has 5 rings (SSSR count). The molecule has 0 unspecified atom stereocenters. The minimum Gasteiger partial charge on any atom is -0.469 e. The average molecular weight is 551 g/mol. The van der Waals surface area contributed by atoms with Crippen LogP contribution in [0, 0.1) is 5.41 Å². The van der Waals surface area contributed by atoms with Crippen LogP contribution in [0.5, 0.6) is 17.2 Å². The summed E-state index contributed by atoms with van der Waals surface area (Å²) in [7, 11) is 0. The summed E-state index contributed by atoms with van der Waals surface area (Å²) < 4.78 is 17.3. The highest BCUT2D eigenvalue weighted by molar-refractivity contribution is 6.03. The van der Waals surface area contributed by atoms with Gasteiger partial charge in [0.2, 0.25) is 12.7 Å². The number of carbonyl (C=O) groups is 3. The van der Waals surface area contributed by atoms with Crippen molar-refractivity contribution in [3.05, 3.63) is 53.6 Å². The number of likely N-dealkylation sites (tertiary alicyclic amines) is 1. The number of piperazine rings is 1. The molecule has 2 atom stereocenters. The maximum atomic E-state index is 13.6. The van der Waals surface area contributed by atoms with Gasteiger partial charge in [0.1, 0.15) is 11.2 Å². The largest absolute Gasteiger partial charge is 0.469 e. The van der Waals surface area contributed by atoms with Gasteiger partial charge in [-0.15, -0.1) is 0 Å². The summed E-state index contributed by atoms with van der Waals surface area (Å²) in [4.78, 5) is 42.9. The first kappa shape index (κ1) is 27.8. The lowest BCUT2D eigenvalue weighted by molar-refractivity contribution is -0.191. The van der Waals surface area contributed by atoms with E-state index in [1.54, 1.807) is 24.3 Å². The van der Waals surface area contributed by atoms with Crippen molar-refractivity contribution in [2.24, 2.45) is 5.41 Å². The van der Waals surface area contributed by atoms with Gasteiger partial charge in [-0.05, 0) is 61.2 Å². The number of nitrogens with one attached hydrogen (secondary N) is 2. The predicted octanol–water partition coefficient (Wildman–Crippen LogP) is 4.07. The van der Waals surface area contributed by atoms with Crippen molar-refractivity contribution in [2.75, 3.05) is 33.0 Å². The lowest BCUT2D eigenvalue weighted by Gasteiger charge is -2.53. The molecule has 2 aromatic rings. The van der Waals surface area contributed by atoms with Crippen molar-refractivity contribution >= 4 is 17.8 Å². The second kappa shape index (κ2) is 11.8. The average Bonchev–Trinajstić information content (AvgIpc) is 3.46. The van der Waals surface area contributed by atoms with Gasteiger partial charge in [-0.25, -0.2) is 9.69 Å². The first-order chi connectivity index (χ1) is 19.4. The number of imide groups is 1. The lowest BCUT2D eigenvalue weighted by Crippen LogP contribution is -2.73. The highest BCUT2D eigenvalue weighted by Crippen LogP contribution is 2.46. The van der Waals surface area contributed by atoms with Crippen molar-refractivity contribution in [2.45, 2.75) is 58.7 Å². The number of hydrogen-bond acceptors (Lipinski definition) is 7. The molecule has 2 N–H and O–H groups in total. The predicted molar refractivity (Wildman–Crippen MR) is 148 cm³/mol. The molecular formula is C30H38N4O6. The van der Waals surface area contributed by atoms with E-state index in [2.05, 4.69) is 10.6 Å². The van der Waals surface area contributed by atoms with E-state index in [-0.39, 0.29) is 24.6 Å². The van der Waals surface area contributed by atoms with Crippen LogP contribution in [0.4, 0.5) is 4.79 Å². The second-order valence-electron chi connectivity index (χ2n) is 10.5. The van der Waals surface area contributed by atoms with E-state index >= 15 is 0 Å². The number of hydrogen-bond donors (Lipinski definition) is 2. The van der Waals surface area contributed by atoms with Gasteiger partial charge in [0.05, 0.1) is 6.04 Å². The van der Waals surface area contributed by atoms with E-state index in [1.807, 2.05) is 43.9 Å². The summed E-state index contributed by atoms with van der Waals surface area (Å²) in [6, 6.07) is 11.8. The summed E-state index contributed by atoms with van der Waals surface area (Å²) in [5, 5.41) is 6.30. The van der Waals surface area contributed by atoms with Crippen LogP contribution in [0.3, 0.4) is 0 Å². The molecule has 0 aromatic heterocycles. The molecule has 4 amide bonds. The Hall–Kier alpha value is -3.79. The first-order valence-corrected chi connectivity index (χ1v) is 14.2. The molecule has 40 heavy (non-hydrogen) atoms. The first-order valence-electron chi connectivity index (χ1n) is 14.2. The molecule has 0 radical (unpaired) electrons. The number of β-lactam (4-membered cyclic amide) rings is 1. The van der Waals surface area contributed by atoms with Crippen LogP contribution in [0.1, 0.15) is 68.4 Å². The van der Waals surface area contributed by atoms with Crippen molar-refractivity contribution in [3.8, 4) is 17.2 Å². The Labute approximate surface area is 234 Å². The fourth-order valence-electron chi connectivity index (χ4n) is 5.71. The lowest BCUT2D eigenvalue weighted by atomic mass is 9.72. The van der Waals surface area contributed by atoms with Crippen LogP contribution >= 0.6 is 0 Å². The maximum absolute atomic E-state index is 13.6. The second-order valence-corrected chi connectivity index (χ2v) is 10.5. The van der Waals surface area contributed by atoms with Crippen LogP contribution in [-0.4, -0.2) is 66.8 Å². The zero-order chi connectivity index (χ0) is 28.3. The molecule has 2 fully saturated rings. The zero-order valence-corrected chi connectivity index (χ0v) is 23.4. The summed E-state index contributed by atoms with van der Waals surface area (Å²) in [5.41, 5.74) is 0.662. The standard InChI is InChI=1S/C30H38N4O6/c1-4-7-23(21-10-13-24-25(18-21)39-19-38-24)32-29(37)34-27(36)30(5-2,6-3)28(34)40-22-11-8-20(9-12-22)26(35)33-16-14-31-15-17-33/h8-13,18,23,28,31H,4-7,14-17,19H2,1-3H3,(H,32,37)/t23-,28-/m0/s1. The van der Waals surface area contributed by atoms with Crippen LogP contribution in [-0.2, 0) is 4.79 Å². The fraction of sp³-hybridized carbons (Fsp3) is 0.500. The molecule has 3 heterocycles. The van der Waals surface area contributed by atoms with Crippen LogP contribution in [0.25, 0.3) is 0 Å². The minimum atomic E-state index is -0.800. The van der Waals surface area contributed by atoms with E-state index in [0.29, 0.717) is 55.2 Å². The van der Waals surface area contributed by atoms with Gasteiger partial charge in [-0.2, -0.15) is 0 Å². The van der Waals surface area contributed by atoms with Crippen molar-refractivity contribution < 1.29 is 28.6 Å². The Balaban J connectivity index is 1.32. The number of nitrogens with zero attached hydrogens (tertiary/aromatic N) is 2. The topological polar surface area (TPSA) is 109 Å². The summed E-state index contributed by atoms with van der Waals surface area (Å²) in [5.74, 6) is 1.55. The molecule has 0 bridgehead atoms. The molecule has 10 heteroatoms. The highest BCUT2D eigenvalue weighted by Gasteiger charge is 2.63. The molecule has 214 valence electrons. The molecule has 2 saturated heterocycles. The summed E-state index contributed by atoms with van der Waals surface area (Å²) in [6.45, 7) is 9.01. The van der Waals surface area contributed by atoms with Crippen LogP contribution < -0.4 is 24.8 Å². The van der Waals surface area contributed by atoms with E-state index in [9.17, 15) is 14.4 Å². The zero-order valence-electron chi connectivity index (χ0n) is 23.4. The number of amides is 4. The third kappa shape index (κ3) is 5.08. The normalized spacial score (nSPS) is 20.1. The number of urea groups is 1. The van der Waals surface area contributed by atoms with Gasteiger partial charge in [-0.3, -0.25) is 9.59 Å². The summed E-state index contributed by atoms with van der Waals surface area (Å²) >= 11 is 0. The Kier molecular flexibility index (Phi) is 8.16. The Morgan fingerprint density at radius 3 is 2.42 bits per heavy atom. The quantitative estimate of drug-likeness (QED) is 0.453. The number of carbonyl (C=O) groups excluding carboxylic acids is 3. The molecule has 0 saturated carbocycles. The third-order valence-corrected chi connectivity index (χ3v) is 8.26. The van der Waals surface area contributed by atoms with Gasteiger partial charge in [0, 0.05) is 31.7 Å². The van der Waals surface area contributed by atoms with Gasteiger partial charge < -0.3 is 29.7 Å². The monoisotopic (exact) mass is 550 g/mol. The molecule has 2 aromatic carbocycles. The Morgan fingerprint density at radius 1 is 1.05 bits per heavy atom. The van der Waals surface area contributed by atoms with Gasteiger partial charge in [-0.1, -0.05) is 33.3 Å². The SMILES string of the molecule is CCC[C@H](NC(=O)N1C(=O)C(CC)(CC)[C@@H]1Oc1ccc(C(=O)N2CCNCC2)cc1)c1ccc2c(c1)OCO2. The molecule has 10 nitrogen and oxygen atoms in total. The Bertz CT molecular complexity index is 1240. The molecule has 3 aliphatic heterocycles. The third-order valence-electron chi connectivity index (χ3n) is 8.26. The van der Waals surface area contributed by atoms with E-state index in [1.165, 1.54) is 4.90 Å². The van der Waals surface area contributed by atoms with Gasteiger partial charge >= 0.3 is 6.03 Å². The Morgan fingerprint density at radius 2 is 1.75 bits per heavy atom. The minimum absolute atomic E-state index is 0.0187. The van der Waals surface area contributed by atoms with Gasteiger partial charge in [0.15, 0.2) is 17.7 Å². The van der Waals surface area contributed by atoms with E-state index in [4.69, 9.17) is 14.2 Å². The smallest absolute Gasteiger partial charge is 0.327 e. The summed E-state index contributed by atoms with van der Waals surface area (Å²) in [6.07, 6.45) is 1.84. The molecule has 0 spiro atoms. The molecular weight excluding hydrogens is 512 g/mol. The maximum Gasteiger partial charge on any atom is 0.327 e. The molecule has 3 aliphatic rings. The van der Waals surface area contributed by atoms with Crippen molar-refractivity contribution in [3.63, 3.8) is 0 Å². The van der Waals surface area contributed by atoms with Crippen molar-refractivity contribution in [1.29, 1.82) is 0 Å².